The average molecular weight is 382 g/mol. The Bertz CT molecular complexity index is 942. The maximum Gasteiger partial charge on any atom is 0.163 e. The molecule has 0 bridgehead atoms. The number of allylic oxidation sites excluding steroid dienone is 4. The molecule has 5 nitrogen and oxygen atoms in total. The van der Waals surface area contributed by atoms with Gasteiger partial charge in [0.25, 0.3) is 0 Å². The molecule has 1 atom stereocenters. The molecule has 2 heterocycles. The van der Waals surface area contributed by atoms with Crippen molar-refractivity contribution in [3.05, 3.63) is 70.6 Å². The number of fused-ring (bicyclic) bond motifs is 1. The van der Waals surface area contributed by atoms with Crippen molar-refractivity contribution >= 4 is 32.8 Å². The van der Waals surface area contributed by atoms with Crippen molar-refractivity contribution in [2.24, 2.45) is 0 Å². The average Bonchev–Trinajstić information content (AvgIpc) is 3.00. The SMILES string of the molecule is Nc1ncnc2c1cnn2CC1=CC(Br)=CCC1c1ccccc1. The van der Waals surface area contributed by atoms with Crippen LogP contribution in [0.2, 0.25) is 0 Å². The lowest BCUT2D eigenvalue weighted by Gasteiger charge is -2.23. The fourth-order valence-electron chi connectivity index (χ4n) is 3.11. The summed E-state index contributed by atoms with van der Waals surface area (Å²) in [7, 11) is 0. The first-order valence-electron chi connectivity index (χ1n) is 7.75. The Morgan fingerprint density at radius 2 is 2.04 bits per heavy atom. The van der Waals surface area contributed by atoms with Gasteiger partial charge >= 0.3 is 0 Å². The van der Waals surface area contributed by atoms with Crippen LogP contribution >= 0.6 is 15.9 Å². The number of rotatable bonds is 3. The van der Waals surface area contributed by atoms with Gasteiger partial charge in [0.05, 0.1) is 18.1 Å². The summed E-state index contributed by atoms with van der Waals surface area (Å²) in [6.45, 7) is 0.669. The van der Waals surface area contributed by atoms with E-state index in [1.54, 1.807) is 6.20 Å². The number of nitrogens with zero attached hydrogens (tertiary/aromatic N) is 4. The number of anilines is 1. The van der Waals surface area contributed by atoms with Gasteiger partial charge in [-0.1, -0.05) is 52.3 Å². The number of hydrogen-bond donors (Lipinski definition) is 1. The zero-order chi connectivity index (χ0) is 16.5. The van der Waals surface area contributed by atoms with E-state index in [1.807, 2.05) is 10.7 Å². The number of halogens is 1. The molecule has 2 N–H and O–H groups in total. The minimum absolute atomic E-state index is 0.339. The standard InChI is InChI=1S/C18H16BrN5/c19-14-6-7-15(12-4-2-1-3-5-12)13(8-14)10-24-18-16(9-23-24)17(20)21-11-22-18/h1-6,8-9,11,15H,7,10H2,(H2,20,21,22). The van der Waals surface area contributed by atoms with Crippen LogP contribution in [0.3, 0.4) is 0 Å². The minimum Gasteiger partial charge on any atom is -0.383 e. The Balaban J connectivity index is 1.72. The lowest BCUT2D eigenvalue weighted by molar-refractivity contribution is 0.634. The number of hydrogen-bond acceptors (Lipinski definition) is 4. The third-order valence-electron chi connectivity index (χ3n) is 4.32. The Morgan fingerprint density at radius 3 is 2.88 bits per heavy atom. The van der Waals surface area contributed by atoms with Crippen molar-refractivity contribution in [3.63, 3.8) is 0 Å². The molecule has 0 aliphatic heterocycles. The Morgan fingerprint density at radius 1 is 1.21 bits per heavy atom. The van der Waals surface area contributed by atoms with E-state index in [9.17, 15) is 0 Å². The molecule has 0 saturated carbocycles. The summed E-state index contributed by atoms with van der Waals surface area (Å²) in [5, 5.41) is 5.25. The first kappa shape index (κ1) is 15.1. The Labute approximate surface area is 148 Å². The number of nitrogens with two attached hydrogens (primary N) is 1. The molecule has 24 heavy (non-hydrogen) atoms. The quantitative estimate of drug-likeness (QED) is 0.748. The molecule has 4 rings (SSSR count). The highest BCUT2D eigenvalue weighted by molar-refractivity contribution is 9.11. The van der Waals surface area contributed by atoms with Crippen LogP contribution in [0, 0.1) is 0 Å². The highest BCUT2D eigenvalue weighted by Crippen LogP contribution is 2.35. The van der Waals surface area contributed by atoms with Crippen LogP contribution in [0.5, 0.6) is 0 Å². The second kappa shape index (κ2) is 6.20. The van der Waals surface area contributed by atoms with Gasteiger partial charge in [-0.25, -0.2) is 14.6 Å². The summed E-state index contributed by atoms with van der Waals surface area (Å²) in [5.41, 5.74) is 9.27. The van der Waals surface area contributed by atoms with Gasteiger partial charge in [-0.2, -0.15) is 5.10 Å². The summed E-state index contributed by atoms with van der Waals surface area (Å²) < 4.78 is 3.00. The van der Waals surface area contributed by atoms with Crippen LogP contribution in [0.1, 0.15) is 17.9 Å². The van der Waals surface area contributed by atoms with Crippen LogP contribution in [0.4, 0.5) is 5.82 Å². The molecule has 0 spiro atoms. The number of benzene rings is 1. The first-order valence-corrected chi connectivity index (χ1v) is 8.55. The van der Waals surface area contributed by atoms with Gasteiger partial charge in [0, 0.05) is 10.4 Å². The summed E-state index contributed by atoms with van der Waals surface area (Å²) in [4.78, 5) is 8.36. The van der Waals surface area contributed by atoms with Crippen LogP contribution in [0.15, 0.2) is 65.1 Å². The molecule has 0 fully saturated rings. The molecule has 1 aromatic carbocycles. The molecule has 0 amide bonds. The van der Waals surface area contributed by atoms with Crippen molar-refractivity contribution in [2.75, 3.05) is 5.73 Å². The maximum absolute atomic E-state index is 5.91. The summed E-state index contributed by atoms with van der Waals surface area (Å²) >= 11 is 3.60. The monoisotopic (exact) mass is 381 g/mol. The largest absolute Gasteiger partial charge is 0.383 e. The smallest absolute Gasteiger partial charge is 0.163 e. The molecule has 1 unspecified atom stereocenters. The Hall–Kier alpha value is -2.47. The maximum atomic E-state index is 5.91. The number of nitrogen functional groups attached to an aromatic ring is 1. The minimum atomic E-state index is 0.339. The summed E-state index contributed by atoms with van der Waals surface area (Å²) in [5.74, 6) is 0.801. The zero-order valence-electron chi connectivity index (χ0n) is 12.9. The van der Waals surface area contributed by atoms with E-state index in [-0.39, 0.29) is 0 Å². The van der Waals surface area contributed by atoms with Gasteiger partial charge in [-0.15, -0.1) is 0 Å². The van der Waals surface area contributed by atoms with E-state index in [0.29, 0.717) is 18.3 Å². The fourth-order valence-corrected chi connectivity index (χ4v) is 3.59. The van der Waals surface area contributed by atoms with Gasteiger partial charge in [0.2, 0.25) is 0 Å². The molecule has 0 radical (unpaired) electrons. The molecule has 6 heteroatoms. The van der Waals surface area contributed by atoms with Crippen molar-refractivity contribution in [1.29, 1.82) is 0 Å². The van der Waals surface area contributed by atoms with E-state index in [2.05, 4.69) is 67.4 Å². The summed E-state index contributed by atoms with van der Waals surface area (Å²) in [6.07, 6.45) is 8.57. The van der Waals surface area contributed by atoms with E-state index >= 15 is 0 Å². The van der Waals surface area contributed by atoms with Gasteiger partial charge < -0.3 is 5.73 Å². The molecule has 3 aromatic rings. The van der Waals surface area contributed by atoms with E-state index in [0.717, 1.165) is 21.9 Å². The van der Waals surface area contributed by atoms with Gasteiger partial charge in [0.1, 0.15) is 12.1 Å². The van der Waals surface area contributed by atoms with Crippen LogP contribution in [0.25, 0.3) is 11.0 Å². The second-order valence-electron chi connectivity index (χ2n) is 5.81. The van der Waals surface area contributed by atoms with Crippen LogP contribution in [-0.4, -0.2) is 19.7 Å². The predicted molar refractivity (Wildman–Crippen MR) is 98.6 cm³/mol. The predicted octanol–water partition coefficient (Wildman–Crippen LogP) is 3.80. The van der Waals surface area contributed by atoms with Crippen LogP contribution < -0.4 is 5.73 Å². The topological polar surface area (TPSA) is 69.6 Å². The zero-order valence-corrected chi connectivity index (χ0v) is 14.5. The fraction of sp³-hybridized carbons (Fsp3) is 0.167. The van der Waals surface area contributed by atoms with Gasteiger partial charge in [-0.05, 0) is 23.6 Å². The molecular formula is C18H16BrN5. The number of aromatic nitrogens is 4. The Kier molecular flexibility index (Phi) is 3.90. The molecular weight excluding hydrogens is 366 g/mol. The third kappa shape index (κ3) is 2.73. The van der Waals surface area contributed by atoms with Crippen molar-refractivity contribution in [1.82, 2.24) is 19.7 Å². The molecule has 0 saturated heterocycles. The highest BCUT2D eigenvalue weighted by Gasteiger charge is 2.21. The molecule has 1 aliphatic rings. The molecule has 120 valence electrons. The van der Waals surface area contributed by atoms with E-state index in [1.165, 1.54) is 17.5 Å². The van der Waals surface area contributed by atoms with Gasteiger partial charge in [-0.3, -0.25) is 0 Å². The van der Waals surface area contributed by atoms with Crippen molar-refractivity contribution in [3.8, 4) is 0 Å². The first-order chi connectivity index (χ1) is 11.7. The summed E-state index contributed by atoms with van der Waals surface area (Å²) in [6, 6.07) is 10.6. The highest BCUT2D eigenvalue weighted by atomic mass is 79.9. The third-order valence-corrected chi connectivity index (χ3v) is 4.87. The second-order valence-corrected chi connectivity index (χ2v) is 6.72. The van der Waals surface area contributed by atoms with Gasteiger partial charge in [0.15, 0.2) is 5.65 Å². The molecule has 1 aliphatic carbocycles. The lowest BCUT2D eigenvalue weighted by Crippen LogP contribution is -2.13. The van der Waals surface area contributed by atoms with Crippen molar-refractivity contribution < 1.29 is 0 Å². The van der Waals surface area contributed by atoms with E-state index in [4.69, 9.17) is 5.73 Å². The normalized spacial score (nSPS) is 17.6. The van der Waals surface area contributed by atoms with E-state index < -0.39 is 0 Å². The lowest BCUT2D eigenvalue weighted by atomic mass is 9.85. The molecule has 2 aromatic heterocycles. The van der Waals surface area contributed by atoms with Crippen molar-refractivity contribution in [2.45, 2.75) is 18.9 Å². The van der Waals surface area contributed by atoms with Crippen LogP contribution in [-0.2, 0) is 6.54 Å².